The maximum absolute atomic E-state index is 5.82. The van der Waals surface area contributed by atoms with E-state index >= 15 is 0 Å². The molecule has 0 rings (SSSR count). The molecule has 0 spiro atoms. The molecule has 13 heavy (non-hydrogen) atoms. The quantitative estimate of drug-likeness (QED) is 0.537. The van der Waals surface area contributed by atoms with E-state index in [9.17, 15) is 0 Å². The van der Waals surface area contributed by atoms with Crippen molar-refractivity contribution in [3.63, 3.8) is 0 Å². The Morgan fingerprint density at radius 1 is 1.46 bits per heavy atom. The Morgan fingerprint density at radius 3 is 2.38 bits per heavy atom. The van der Waals surface area contributed by atoms with E-state index in [0.717, 1.165) is 6.61 Å². The molecule has 1 atom stereocenters. The molecular weight excluding hydrogens is 164 g/mol. The summed E-state index contributed by atoms with van der Waals surface area (Å²) < 4.78 is 5.25. The molecule has 0 aromatic carbocycles. The fourth-order valence-corrected chi connectivity index (χ4v) is 0.757. The van der Waals surface area contributed by atoms with Crippen LogP contribution in [-0.4, -0.2) is 25.1 Å². The molecule has 0 fully saturated rings. The molecule has 0 aliphatic carbocycles. The topological polar surface area (TPSA) is 47.6 Å². The summed E-state index contributed by atoms with van der Waals surface area (Å²) >= 11 is 0. The third-order valence-electron chi connectivity index (χ3n) is 1.69. The van der Waals surface area contributed by atoms with Crippen LogP contribution >= 0.6 is 0 Å². The molecule has 0 aromatic rings. The van der Waals surface area contributed by atoms with Crippen molar-refractivity contribution < 1.29 is 4.74 Å². The van der Waals surface area contributed by atoms with Crippen LogP contribution in [0.2, 0.25) is 0 Å². The summed E-state index contributed by atoms with van der Waals surface area (Å²) in [5, 5.41) is 0. The van der Waals surface area contributed by atoms with E-state index in [1.165, 1.54) is 0 Å². The molecule has 3 heteroatoms. The van der Waals surface area contributed by atoms with Gasteiger partial charge >= 0.3 is 0 Å². The lowest BCUT2D eigenvalue weighted by molar-refractivity contribution is 0.137. The minimum Gasteiger partial charge on any atom is -0.387 e. The molecule has 2 N–H and O–H groups in total. The first-order valence-corrected chi connectivity index (χ1v) is 4.79. The summed E-state index contributed by atoms with van der Waals surface area (Å²) in [6.07, 6.45) is 0. The highest BCUT2D eigenvalue weighted by molar-refractivity contribution is 5.85. The summed E-state index contributed by atoms with van der Waals surface area (Å²) in [7, 11) is 0. The van der Waals surface area contributed by atoms with Gasteiger partial charge in [-0.1, -0.05) is 20.8 Å². The van der Waals surface area contributed by atoms with E-state index in [2.05, 4.69) is 25.8 Å². The number of amidine groups is 1. The van der Waals surface area contributed by atoms with Crippen LogP contribution in [0.1, 0.15) is 34.6 Å². The van der Waals surface area contributed by atoms with Gasteiger partial charge in [-0.05, 0) is 13.8 Å². The van der Waals surface area contributed by atoms with Gasteiger partial charge in [0.2, 0.25) is 0 Å². The predicted molar refractivity (Wildman–Crippen MR) is 57.0 cm³/mol. The smallest absolute Gasteiger partial charge is 0.0995 e. The fourth-order valence-electron chi connectivity index (χ4n) is 0.757. The number of hydrogen-bond acceptors (Lipinski definition) is 2. The van der Waals surface area contributed by atoms with Gasteiger partial charge in [0, 0.05) is 12.0 Å². The molecular formula is C10H22N2O. The number of hydrogen-bond donors (Lipinski definition) is 1. The molecule has 0 amide bonds. The standard InChI is InChI=1S/C10H22N2O/c1-6-13-7-8(2)12-9(11)10(3,4)5/h8H,6-7H2,1-5H3,(H2,11,12). The number of rotatable bonds is 4. The summed E-state index contributed by atoms with van der Waals surface area (Å²) in [4.78, 5) is 4.36. The maximum atomic E-state index is 5.82. The monoisotopic (exact) mass is 186 g/mol. The first kappa shape index (κ1) is 12.4. The van der Waals surface area contributed by atoms with Crippen LogP contribution in [0, 0.1) is 5.41 Å². The van der Waals surface area contributed by atoms with Gasteiger partial charge in [0.05, 0.1) is 18.5 Å². The Bertz CT molecular complexity index is 170. The molecule has 78 valence electrons. The molecule has 1 unspecified atom stereocenters. The van der Waals surface area contributed by atoms with Crippen LogP contribution in [-0.2, 0) is 4.74 Å². The lowest BCUT2D eigenvalue weighted by atomic mass is 9.95. The van der Waals surface area contributed by atoms with Crippen molar-refractivity contribution in [2.75, 3.05) is 13.2 Å². The Hall–Kier alpha value is -0.570. The van der Waals surface area contributed by atoms with Crippen molar-refractivity contribution >= 4 is 5.84 Å². The van der Waals surface area contributed by atoms with Gasteiger partial charge in [-0.2, -0.15) is 0 Å². The summed E-state index contributed by atoms with van der Waals surface area (Å²) in [6.45, 7) is 11.5. The van der Waals surface area contributed by atoms with E-state index in [-0.39, 0.29) is 11.5 Å². The maximum Gasteiger partial charge on any atom is 0.0995 e. The van der Waals surface area contributed by atoms with Crippen LogP contribution in [0.15, 0.2) is 4.99 Å². The zero-order valence-electron chi connectivity index (χ0n) is 9.42. The van der Waals surface area contributed by atoms with E-state index in [0.29, 0.717) is 12.4 Å². The van der Waals surface area contributed by atoms with Crippen molar-refractivity contribution in [1.82, 2.24) is 0 Å². The second-order valence-electron chi connectivity index (χ2n) is 4.27. The molecule has 0 saturated carbocycles. The van der Waals surface area contributed by atoms with Crippen LogP contribution in [0.5, 0.6) is 0 Å². The zero-order chi connectivity index (χ0) is 10.5. The molecule has 3 nitrogen and oxygen atoms in total. The first-order chi connectivity index (χ1) is 5.88. The first-order valence-electron chi connectivity index (χ1n) is 4.79. The van der Waals surface area contributed by atoms with Crippen molar-refractivity contribution in [2.45, 2.75) is 40.7 Å². The van der Waals surface area contributed by atoms with Gasteiger partial charge in [-0.15, -0.1) is 0 Å². The molecule has 0 aromatic heterocycles. The van der Waals surface area contributed by atoms with Gasteiger partial charge in [-0.25, -0.2) is 0 Å². The summed E-state index contributed by atoms with van der Waals surface area (Å²) in [5.41, 5.74) is 5.78. The van der Waals surface area contributed by atoms with Crippen molar-refractivity contribution in [1.29, 1.82) is 0 Å². The van der Waals surface area contributed by atoms with Gasteiger partial charge in [0.15, 0.2) is 0 Å². The average molecular weight is 186 g/mol. The van der Waals surface area contributed by atoms with Crippen LogP contribution in [0.4, 0.5) is 0 Å². The Labute approximate surface area is 81.4 Å². The molecule has 0 saturated heterocycles. The number of nitrogens with two attached hydrogens (primary N) is 1. The fraction of sp³-hybridized carbons (Fsp3) is 0.900. The molecule has 0 aliphatic heterocycles. The van der Waals surface area contributed by atoms with Crippen LogP contribution in [0.25, 0.3) is 0 Å². The molecule has 0 heterocycles. The highest BCUT2D eigenvalue weighted by Gasteiger charge is 2.16. The van der Waals surface area contributed by atoms with Crippen LogP contribution < -0.4 is 5.73 Å². The highest BCUT2D eigenvalue weighted by Crippen LogP contribution is 2.13. The average Bonchev–Trinajstić information content (AvgIpc) is 1.99. The lowest BCUT2D eigenvalue weighted by Crippen LogP contribution is -2.31. The van der Waals surface area contributed by atoms with Gasteiger partial charge in [0.25, 0.3) is 0 Å². The second kappa shape index (κ2) is 5.22. The molecule has 0 aliphatic rings. The highest BCUT2D eigenvalue weighted by atomic mass is 16.5. The predicted octanol–water partition coefficient (Wildman–Crippen LogP) is 1.81. The molecule has 0 bridgehead atoms. The van der Waals surface area contributed by atoms with Crippen molar-refractivity contribution in [3.8, 4) is 0 Å². The van der Waals surface area contributed by atoms with E-state index in [1.54, 1.807) is 0 Å². The molecule has 0 radical (unpaired) electrons. The summed E-state index contributed by atoms with van der Waals surface area (Å²) in [5.74, 6) is 0.694. The third-order valence-corrected chi connectivity index (χ3v) is 1.69. The van der Waals surface area contributed by atoms with Gasteiger partial charge < -0.3 is 10.5 Å². The SMILES string of the molecule is CCOCC(C)N=C(N)C(C)(C)C. The summed E-state index contributed by atoms with van der Waals surface area (Å²) in [6, 6.07) is 0.152. The second-order valence-corrected chi connectivity index (χ2v) is 4.27. The number of ether oxygens (including phenoxy) is 1. The third kappa shape index (κ3) is 5.64. The minimum atomic E-state index is -0.0412. The van der Waals surface area contributed by atoms with E-state index in [1.807, 2.05) is 13.8 Å². The van der Waals surface area contributed by atoms with Crippen molar-refractivity contribution in [3.05, 3.63) is 0 Å². The number of nitrogens with zero attached hydrogens (tertiary/aromatic N) is 1. The number of aliphatic imine (C=N–C) groups is 1. The van der Waals surface area contributed by atoms with Crippen molar-refractivity contribution in [2.24, 2.45) is 16.1 Å². The van der Waals surface area contributed by atoms with Gasteiger partial charge in [-0.3, -0.25) is 4.99 Å². The van der Waals surface area contributed by atoms with Gasteiger partial charge in [0.1, 0.15) is 0 Å². The zero-order valence-corrected chi connectivity index (χ0v) is 9.42. The van der Waals surface area contributed by atoms with E-state index in [4.69, 9.17) is 10.5 Å². The minimum absolute atomic E-state index is 0.0412. The van der Waals surface area contributed by atoms with Crippen LogP contribution in [0.3, 0.4) is 0 Å². The lowest BCUT2D eigenvalue weighted by Gasteiger charge is -2.19. The van der Waals surface area contributed by atoms with E-state index < -0.39 is 0 Å². The Kier molecular flexibility index (Phi) is 4.99. The Morgan fingerprint density at radius 2 is 2.00 bits per heavy atom. The normalized spacial score (nSPS) is 15.9. The largest absolute Gasteiger partial charge is 0.387 e. The Balaban J connectivity index is 4.06.